The Hall–Kier alpha value is -2.69. The van der Waals surface area contributed by atoms with Crippen molar-refractivity contribution >= 4 is 0 Å². The summed E-state index contributed by atoms with van der Waals surface area (Å²) in [4.78, 5) is 19.3. The van der Waals surface area contributed by atoms with Crippen LogP contribution in [0.1, 0.15) is 31.9 Å². The Morgan fingerprint density at radius 1 is 0.696 bits per heavy atom. The van der Waals surface area contributed by atoms with Crippen molar-refractivity contribution in [1.82, 2.24) is 24.9 Å². The number of rotatable bonds is 0. The molecule has 5 heteroatoms. The quantitative estimate of drug-likeness (QED) is 0.621. The second kappa shape index (κ2) is 14.3. The highest BCUT2D eigenvalue weighted by Gasteiger charge is 1.75. The van der Waals surface area contributed by atoms with Crippen molar-refractivity contribution in [3.63, 3.8) is 0 Å². The predicted molar refractivity (Wildman–Crippen MR) is 96.0 cm³/mol. The second-order valence-electron chi connectivity index (χ2n) is 4.18. The van der Waals surface area contributed by atoms with Gasteiger partial charge < -0.3 is 0 Å². The summed E-state index contributed by atoms with van der Waals surface area (Å²) in [5, 5.41) is 0. The molecule has 124 valence electrons. The summed E-state index contributed by atoms with van der Waals surface area (Å²) in [6, 6.07) is 7.66. The average molecular weight is 313 g/mol. The van der Waals surface area contributed by atoms with Crippen LogP contribution in [0.25, 0.3) is 0 Å². The molecule has 3 heterocycles. The Morgan fingerprint density at radius 2 is 1.26 bits per heavy atom. The average Bonchev–Trinajstić information content (AvgIpc) is 2.51. The van der Waals surface area contributed by atoms with Gasteiger partial charge in [0, 0.05) is 36.7 Å². The zero-order chi connectivity index (χ0) is 15.3. The molecular formula is C18H27N5. The Bertz CT molecular complexity index is 496. The van der Waals surface area contributed by atoms with Gasteiger partial charge in [0.25, 0.3) is 0 Å². The lowest BCUT2D eigenvalue weighted by Crippen LogP contribution is -1.80. The van der Waals surface area contributed by atoms with Gasteiger partial charge in [-0.25, -0.2) is 19.9 Å². The minimum absolute atomic E-state index is 0. The molecule has 0 spiro atoms. The first-order valence-electron chi connectivity index (χ1n) is 6.51. The summed E-state index contributed by atoms with van der Waals surface area (Å²) in [5.41, 5.74) is 2.17. The van der Waals surface area contributed by atoms with Gasteiger partial charge in [-0.1, -0.05) is 20.9 Å². The zero-order valence-corrected chi connectivity index (χ0v) is 12.5. The first-order valence-corrected chi connectivity index (χ1v) is 6.51. The van der Waals surface area contributed by atoms with Gasteiger partial charge in [-0.05, 0) is 44.5 Å². The van der Waals surface area contributed by atoms with Crippen LogP contribution in [0, 0.1) is 20.8 Å². The topological polar surface area (TPSA) is 64.5 Å². The summed E-state index contributed by atoms with van der Waals surface area (Å²) in [6.07, 6.45) is 10.3. The van der Waals surface area contributed by atoms with E-state index in [1.165, 1.54) is 6.33 Å². The van der Waals surface area contributed by atoms with E-state index < -0.39 is 0 Å². The van der Waals surface area contributed by atoms with E-state index in [-0.39, 0.29) is 14.9 Å². The first-order chi connectivity index (χ1) is 10.2. The standard InChI is InChI=1S/C6H7N.2C5H6N2.2CH4/c1-6-4-2-3-5-7-6;1-5-2-6-4-7-3-5;1-5-6-3-2-4-7-5;;/h2-5H,1H3;2*2-4H,1H3;2*1H4. The first kappa shape index (κ1) is 22.6. The van der Waals surface area contributed by atoms with E-state index in [2.05, 4.69) is 24.9 Å². The highest BCUT2D eigenvalue weighted by molar-refractivity contribution is 5.00. The summed E-state index contributed by atoms with van der Waals surface area (Å²) in [5.74, 6) is 0.822. The number of pyridine rings is 1. The summed E-state index contributed by atoms with van der Waals surface area (Å²) in [6.45, 7) is 5.79. The van der Waals surface area contributed by atoms with Crippen molar-refractivity contribution in [3.8, 4) is 0 Å². The van der Waals surface area contributed by atoms with Crippen molar-refractivity contribution in [2.24, 2.45) is 0 Å². The minimum atomic E-state index is 0. The third-order valence-electron chi connectivity index (χ3n) is 2.20. The van der Waals surface area contributed by atoms with Crippen LogP contribution in [0.2, 0.25) is 0 Å². The van der Waals surface area contributed by atoms with Crippen LogP contribution in [-0.2, 0) is 0 Å². The van der Waals surface area contributed by atoms with Gasteiger partial charge in [-0.3, -0.25) is 4.98 Å². The Morgan fingerprint density at radius 3 is 1.52 bits per heavy atom. The molecule has 0 aromatic carbocycles. The number of nitrogens with zero attached hydrogens (tertiary/aromatic N) is 5. The molecule has 0 atom stereocenters. The molecule has 0 amide bonds. The largest absolute Gasteiger partial charge is 0.262 e. The third-order valence-corrected chi connectivity index (χ3v) is 2.20. The Labute approximate surface area is 139 Å². The van der Waals surface area contributed by atoms with Gasteiger partial charge in [0.05, 0.1) is 0 Å². The van der Waals surface area contributed by atoms with Gasteiger partial charge in [0.1, 0.15) is 12.2 Å². The van der Waals surface area contributed by atoms with Crippen molar-refractivity contribution in [3.05, 3.63) is 78.7 Å². The van der Waals surface area contributed by atoms with Crippen LogP contribution < -0.4 is 0 Å². The molecule has 0 aliphatic carbocycles. The van der Waals surface area contributed by atoms with Crippen molar-refractivity contribution in [2.45, 2.75) is 35.6 Å². The predicted octanol–water partition coefficient (Wildman–Crippen LogP) is 4.23. The van der Waals surface area contributed by atoms with Crippen LogP contribution in [0.15, 0.2) is 61.6 Å². The van der Waals surface area contributed by atoms with E-state index in [1.54, 1.807) is 37.1 Å². The molecule has 5 nitrogen and oxygen atoms in total. The summed E-state index contributed by atoms with van der Waals surface area (Å²) in [7, 11) is 0. The molecule has 0 bridgehead atoms. The number of aryl methyl sites for hydroxylation is 3. The van der Waals surface area contributed by atoms with Crippen LogP contribution in [0.4, 0.5) is 0 Å². The number of hydrogen-bond donors (Lipinski definition) is 0. The van der Waals surface area contributed by atoms with Crippen LogP contribution in [0.5, 0.6) is 0 Å². The number of hydrogen-bond acceptors (Lipinski definition) is 5. The van der Waals surface area contributed by atoms with Gasteiger partial charge in [0.15, 0.2) is 0 Å². The van der Waals surface area contributed by atoms with E-state index in [9.17, 15) is 0 Å². The molecule has 3 rings (SSSR count). The highest BCUT2D eigenvalue weighted by Crippen LogP contribution is 1.86. The normalized spacial score (nSPS) is 7.96. The molecule has 0 saturated heterocycles. The third kappa shape index (κ3) is 12.7. The monoisotopic (exact) mass is 313 g/mol. The maximum atomic E-state index is 3.98. The van der Waals surface area contributed by atoms with Gasteiger partial charge >= 0.3 is 0 Å². The fourth-order valence-corrected chi connectivity index (χ4v) is 1.20. The lowest BCUT2D eigenvalue weighted by Gasteiger charge is -1.82. The van der Waals surface area contributed by atoms with Gasteiger partial charge in [-0.15, -0.1) is 0 Å². The lowest BCUT2D eigenvalue weighted by molar-refractivity contribution is 1.05. The molecule has 0 radical (unpaired) electrons. The summed E-state index contributed by atoms with van der Waals surface area (Å²) < 4.78 is 0. The molecule has 23 heavy (non-hydrogen) atoms. The zero-order valence-electron chi connectivity index (χ0n) is 12.5. The molecule has 0 fully saturated rings. The highest BCUT2D eigenvalue weighted by atomic mass is 14.8. The molecule has 0 aliphatic heterocycles. The molecule has 3 aromatic rings. The maximum Gasteiger partial charge on any atom is 0.125 e. The smallest absolute Gasteiger partial charge is 0.125 e. The molecular weight excluding hydrogens is 286 g/mol. The van der Waals surface area contributed by atoms with E-state index in [1.807, 2.05) is 39.0 Å². The van der Waals surface area contributed by atoms with Crippen molar-refractivity contribution in [2.75, 3.05) is 0 Å². The van der Waals surface area contributed by atoms with Gasteiger partial charge in [0.2, 0.25) is 0 Å². The second-order valence-corrected chi connectivity index (χ2v) is 4.18. The van der Waals surface area contributed by atoms with Crippen molar-refractivity contribution in [1.29, 1.82) is 0 Å². The van der Waals surface area contributed by atoms with Crippen molar-refractivity contribution < 1.29 is 0 Å². The maximum absolute atomic E-state index is 3.98. The van der Waals surface area contributed by atoms with E-state index >= 15 is 0 Å². The summed E-state index contributed by atoms with van der Waals surface area (Å²) >= 11 is 0. The molecule has 0 unspecified atom stereocenters. The molecule has 0 aliphatic rings. The number of aromatic nitrogens is 5. The van der Waals surface area contributed by atoms with E-state index in [4.69, 9.17) is 0 Å². The van der Waals surface area contributed by atoms with Crippen LogP contribution >= 0.6 is 0 Å². The fraction of sp³-hybridized carbons (Fsp3) is 0.278. The minimum Gasteiger partial charge on any atom is -0.262 e. The van der Waals surface area contributed by atoms with Crippen LogP contribution in [-0.4, -0.2) is 24.9 Å². The molecule has 0 N–H and O–H groups in total. The molecule has 0 saturated carbocycles. The SMILES string of the molecule is C.C.Cc1ccccn1.Cc1cncnc1.Cc1ncccn1. The van der Waals surface area contributed by atoms with E-state index in [0.29, 0.717) is 0 Å². The lowest BCUT2D eigenvalue weighted by atomic mass is 10.4. The Balaban J connectivity index is 0. The van der Waals surface area contributed by atoms with E-state index in [0.717, 1.165) is 17.1 Å². The Kier molecular flexibility index (Phi) is 14.0. The van der Waals surface area contributed by atoms with Crippen LogP contribution in [0.3, 0.4) is 0 Å². The molecule has 3 aromatic heterocycles. The van der Waals surface area contributed by atoms with Gasteiger partial charge in [-0.2, -0.15) is 0 Å². The fourth-order valence-electron chi connectivity index (χ4n) is 1.20.